The SMILES string of the molecule is CNS(=O)(=O)c1cc(NC(=O)CCSc2ccc(Cl)cc2)ccc1C. The van der Waals surface area contributed by atoms with E-state index in [0.29, 0.717) is 28.4 Å². The number of halogens is 1. The van der Waals surface area contributed by atoms with Crippen molar-refractivity contribution in [3.63, 3.8) is 0 Å². The van der Waals surface area contributed by atoms with E-state index in [4.69, 9.17) is 11.6 Å². The van der Waals surface area contributed by atoms with Crippen molar-refractivity contribution in [3.8, 4) is 0 Å². The standard InChI is InChI=1S/C17H19ClN2O3S2/c1-12-3-6-14(11-16(12)25(22,23)19-2)20-17(21)9-10-24-15-7-4-13(18)5-8-15/h3-8,11,19H,9-10H2,1-2H3,(H,20,21). The zero-order chi connectivity index (χ0) is 18.4. The molecule has 134 valence electrons. The summed E-state index contributed by atoms with van der Waals surface area (Å²) < 4.78 is 26.2. The predicted octanol–water partition coefficient (Wildman–Crippen LogP) is 3.68. The molecule has 0 saturated heterocycles. The molecule has 0 aliphatic rings. The van der Waals surface area contributed by atoms with Gasteiger partial charge < -0.3 is 5.32 Å². The first-order valence-electron chi connectivity index (χ1n) is 7.54. The number of hydrogen-bond acceptors (Lipinski definition) is 4. The maximum absolute atomic E-state index is 12.1. The van der Waals surface area contributed by atoms with Crippen molar-refractivity contribution in [2.45, 2.75) is 23.1 Å². The normalized spacial score (nSPS) is 11.3. The van der Waals surface area contributed by atoms with E-state index >= 15 is 0 Å². The Bertz CT molecular complexity index is 853. The number of benzene rings is 2. The molecule has 2 N–H and O–H groups in total. The third-order valence-corrected chi connectivity index (χ3v) is 6.26. The molecule has 2 aromatic carbocycles. The molecule has 8 heteroatoms. The first kappa shape index (κ1) is 19.8. The molecule has 0 aromatic heterocycles. The minimum atomic E-state index is -3.56. The molecule has 25 heavy (non-hydrogen) atoms. The summed E-state index contributed by atoms with van der Waals surface area (Å²) in [5.41, 5.74) is 1.08. The Morgan fingerprint density at radius 1 is 1.16 bits per heavy atom. The van der Waals surface area contributed by atoms with Gasteiger partial charge in [-0.05, 0) is 55.9 Å². The van der Waals surface area contributed by atoms with Gasteiger partial charge in [0.05, 0.1) is 4.90 Å². The number of carbonyl (C=O) groups excluding carboxylic acids is 1. The Hall–Kier alpha value is -1.54. The molecule has 0 saturated carbocycles. The summed E-state index contributed by atoms with van der Waals surface area (Å²) >= 11 is 7.39. The number of anilines is 1. The van der Waals surface area contributed by atoms with Gasteiger partial charge in [-0.25, -0.2) is 13.1 Å². The Kier molecular flexibility index (Phi) is 6.89. The molecule has 1 amide bonds. The molecule has 2 rings (SSSR count). The minimum Gasteiger partial charge on any atom is -0.326 e. The summed E-state index contributed by atoms with van der Waals surface area (Å²) in [7, 11) is -2.20. The molecule has 0 bridgehead atoms. The van der Waals surface area contributed by atoms with Gasteiger partial charge in [-0.15, -0.1) is 11.8 Å². The average Bonchev–Trinajstić information content (AvgIpc) is 2.58. The van der Waals surface area contributed by atoms with E-state index in [1.807, 2.05) is 12.1 Å². The smallest absolute Gasteiger partial charge is 0.240 e. The predicted molar refractivity (Wildman–Crippen MR) is 103 cm³/mol. The highest BCUT2D eigenvalue weighted by molar-refractivity contribution is 7.99. The molecule has 0 heterocycles. The van der Waals surface area contributed by atoms with E-state index in [0.717, 1.165) is 4.90 Å². The molecule has 0 unspecified atom stereocenters. The van der Waals surface area contributed by atoms with Crippen LogP contribution in [-0.2, 0) is 14.8 Å². The van der Waals surface area contributed by atoms with Crippen LogP contribution in [0.1, 0.15) is 12.0 Å². The highest BCUT2D eigenvalue weighted by atomic mass is 35.5. The fraction of sp³-hybridized carbons (Fsp3) is 0.235. The van der Waals surface area contributed by atoms with Gasteiger partial charge in [0.15, 0.2) is 0 Å². The summed E-state index contributed by atoms with van der Waals surface area (Å²) in [6, 6.07) is 12.2. The largest absolute Gasteiger partial charge is 0.326 e. The fourth-order valence-electron chi connectivity index (χ4n) is 2.09. The number of nitrogens with one attached hydrogen (secondary N) is 2. The van der Waals surface area contributed by atoms with Crippen LogP contribution in [0.5, 0.6) is 0 Å². The topological polar surface area (TPSA) is 75.3 Å². The molecule has 0 aliphatic carbocycles. The van der Waals surface area contributed by atoms with E-state index in [2.05, 4.69) is 10.0 Å². The van der Waals surface area contributed by atoms with E-state index in [1.54, 1.807) is 43.0 Å². The first-order valence-corrected chi connectivity index (χ1v) is 10.4. The number of amides is 1. The minimum absolute atomic E-state index is 0.156. The molecule has 0 radical (unpaired) electrons. The molecule has 0 fully saturated rings. The van der Waals surface area contributed by atoms with Crippen molar-refractivity contribution in [2.75, 3.05) is 18.1 Å². The van der Waals surface area contributed by atoms with Crippen molar-refractivity contribution in [1.29, 1.82) is 0 Å². The lowest BCUT2D eigenvalue weighted by Crippen LogP contribution is -2.20. The number of carbonyl (C=O) groups is 1. The zero-order valence-electron chi connectivity index (χ0n) is 13.9. The van der Waals surface area contributed by atoms with E-state index in [-0.39, 0.29) is 10.8 Å². The van der Waals surface area contributed by atoms with Gasteiger partial charge in [0.2, 0.25) is 15.9 Å². The summed E-state index contributed by atoms with van der Waals surface area (Å²) in [4.78, 5) is 13.3. The van der Waals surface area contributed by atoms with Gasteiger partial charge in [-0.1, -0.05) is 17.7 Å². The third-order valence-electron chi connectivity index (χ3n) is 3.44. The average molecular weight is 399 g/mol. The lowest BCUT2D eigenvalue weighted by molar-refractivity contribution is -0.115. The zero-order valence-corrected chi connectivity index (χ0v) is 16.3. The van der Waals surface area contributed by atoms with E-state index in [9.17, 15) is 13.2 Å². The van der Waals surface area contributed by atoms with Gasteiger partial charge in [-0.3, -0.25) is 4.79 Å². The van der Waals surface area contributed by atoms with Gasteiger partial charge in [0, 0.05) is 27.8 Å². The summed E-state index contributed by atoms with van der Waals surface area (Å²) in [5, 5.41) is 3.41. The second kappa shape index (κ2) is 8.71. The summed E-state index contributed by atoms with van der Waals surface area (Å²) in [6.45, 7) is 1.71. The van der Waals surface area contributed by atoms with Crippen LogP contribution in [-0.4, -0.2) is 27.1 Å². The number of hydrogen-bond donors (Lipinski definition) is 2. The molecule has 0 spiro atoms. The van der Waals surface area contributed by atoms with Crippen LogP contribution < -0.4 is 10.0 Å². The Balaban J connectivity index is 1.94. The Morgan fingerprint density at radius 2 is 1.84 bits per heavy atom. The quantitative estimate of drug-likeness (QED) is 0.697. The van der Waals surface area contributed by atoms with E-state index in [1.165, 1.54) is 13.1 Å². The van der Waals surface area contributed by atoms with Gasteiger partial charge in [0.25, 0.3) is 0 Å². The second-order valence-electron chi connectivity index (χ2n) is 5.29. The molecule has 2 aromatic rings. The highest BCUT2D eigenvalue weighted by Crippen LogP contribution is 2.22. The van der Waals surface area contributed by atoms with E-state index < -0.39 is 10.0 Å². The molecular formula is C17H19ClN2O3S2. The van der Waals surface area contributed by atoms with Crippen molar-refractivity contribution in [3.05, 3.63) is 53.1 Å². The van der Waals surface area contributed by atoms with Crippen LogP contribution in [0.15, 0.2) is 52.3 Å². The number of rotatable bonds is 7. The van der Waals surface area contributed by atoms with Gasteiger partial charge in [-0.2, -0.15) is 0 Å². The Labute approximate surface area is 157 Å². The number of thioether (sulfide) groups is 1. The van der Waals surface area contributed by atoms with Crippen molar-refractivity contribution < 1.29 is 13.2 Å². The van der Waals surface area contributed by atoms with Crippen molar-refractivity contribution in [1.82, 2.24) is 4.72 Å². The third kappa shape index (κ3) is 5.74. The first-order chi connectivity index (χ1) is 11.8. The van der Waals surface area contributed by atoms with Crippen LogP contribution in [0.2, 0.25) is 5.02 Å². The van der Waals surface area contributed by atoms with Crippen LogP contribution in [0, 0.1) is 6.92 Å². The van der Waals surface area contributed by atoms with Crippen LogP contribution in [0.3, 0.4) is 0 Å². The van der Waals surface area contributed by atoms with Crippen LogP contribution in [0.4, 0.5) is 5.69 Å². The summed E-state index contributed by atoms with van der Waals surface area (Å²) in [6.07, 6.45) is 0.315. The highest BCUT2D eigenvalue weighted by Gasteiger charge is 2.15. The van der Waals surface area contributed by atoms with Gasteiger partial charge in [0.1, 0.15) is 0 Å². The lowest BCUT2D eigenvalue weighted by Gasteiger charge is -2.10. The monoisotopic (exact) mass is 398 g/mol. The second-order valence-corrected chi connectivity index (χ2v) is 8.75. The van der Waals surface area contributed by atoms with Crippen LogP contribution in [0.25, 0.3) is 0 Å². The van der Waals surface area contributed by atoms with Crippen molar-refractivity contribution >= 4 is 45.0 Å². The lowest BCUT2D eigenvalue weighted by atomic mass is 10.2. The molecular weight excluding hydrogens is 380 g/mol. The summed E-state index contributed by atoms with van der Waals surface area (Å²) in [5.74, 6) is 0.444. The number of sulfonamides is 1. The van der Waals surface area contributed by atoms with Gasteiger partial charge >= 0.3 is 0 Å². The van der Waals surface area contributed by atoms with Crippen LogP contribution >= 0.6 is 23.4 Å². The maximum Gasteiger partial charge on any atom is 0.240 e. The van der Waals surface area contributed by atoms with Crippen molar-refractivity contribution in [2.24, 2.45) is 0 Å². The fourth-order valence-corrected chi connectivity index (χ4v) is 4.06. The number of aryl methyl sites for hydroxylation is 1. The molecule has 0 aliphatic heterocycles. The molecule has 0 atom stereocenters. The maximum atomic E-state index is 12.1. The Morgan fingerprint density at radius 3 is 2.48 bits per heavy atom. The molecule has 5 nitrogen and oxygen atoms in total.